The van der Waals surface area contributed by atoms with Gasteiger partial charge in [0.05, 0.1) is 24.2 Å². The van der Waals surface area contributed by atoms with Gasteiger partial charge in [-0.2, -0.15) is 0 Å². The number of ether oxygens (including phenoxy) is 1. The van der Waals surface area contributed by atoms with Gasteiger partial charge in [0, 0.05) is 6.42 Å². The van der Waals surface area contributed by atoms with Gasteiger partial charge in [-0.1, -0.05) is 53.0 Å². The van der Waals surface area contributed by atoms with Crippen LogP contribution >= 0.6 is 0 Å². The maximum absolute atomic E-state index is 11.7. The van der Waals surface area contributed by atoms with E-state index in [2.05, 4.69) is 27.7 Å². The zero-order valence-electron chi connectivity index (χ0n) is 20.4. The number of hydrogen-bond donors (Lipinski definition) is 4. The van der Waals surface area contributed by atoms with Gasteiger partial charge in [0.25, 0.3) is 0 Å². The molecule has 5 heteroatoms. The number of epoxide rings is 1. The average molecular weight is 449 g/mol. The first-order chi connectivity index (χ1) is 15.1. The molecule has 1 aliphatic heterocycles. The fourth-order valence-electron chi connectivity index (χ4n) is 9.12. The molecular weight excluding hydrogens is 404 g/mol. The first-order valence-corrected chi connectivity index (χ1v) is 13.1. The predicted molar refractivity (Wildman–Crippen MR) is 123 cm³/mol. The summed E-state index contributed by atoms with van der Waals surface area (Å²) in [5.41, 5.74) is -1.87. The molecule has 0 aromatic rings. The van der Waals surface area contributed by atoms with E-state index in [4.69, 9.17) is 4.74 Å². The van der Waals surface area contributed by atoms with Crippen molar-refractivity contribution >= 4 is 0 Å². The molecule has 1 heterocycles. The zero-order chi connectivity index (χ0) is 23.1. The molecule has 3 saturated carbocycles. The molecule has 5 aliphatic rings. The standard InChI is InChI=1S/C27H44O5/c1-16(2)6-5-7-17(3)19-8-9-20-21-12-22(30)26(31)13-18(29)10-11-25(26,15-28)27(21)23(32-27)14-24(19,20)4/h12,16-20,22-23,28-31H,5-11,13-15H2,1-4H3. The highest BCUT2D eigenvalue weighted by Gasteiger charge is 2.83. The summed E-state index contributed by atoms with van der Waals surface area (Å²) in [6.45, 7) is 9.23. The third-order valence-electron chi connectivity index (χ3n) is 10.8. The van der Waals surface area contributed by atoms with E-state index in [1.165, 1.54) is 25.7 Å². The highest BCUT2D eigenvalue weighted by Crippen LogP contribution is 2.76. The van der Waals surface area contributed by atoms with Gasteiger partial charge in [-0.25, -0.2) is 0 Å². The van der Waals surface area contributed by atoms with Crippen molar-refractivity contribution in [1.82, 2.24) is 0 Å². The minimum absolute atomic E-state index is 0.0140. The lowest BCUT2D eigenvalue weighted by Crippen LogP contribution is -2.72. The Morgan fingerprint density at radius 3 is 2.53 bits per heavy atom. The van der Waals surface area contributed by atoms with Gasteiger partial charge in [0.15, 0.2) is 0 Å². The van der Waals surface area contributed by atoms with Gasteiger partial charge < -0.3 is 25.2 Å². The summed E-state index contributed by atoms with van der Waals surface area (Å²) < 4.78 is 6.54. The predicted octanol–water partition coefficient (Wildman–Crippen LogP) is 3.58. The van der Waals surface area contributed by atoms with E-state index in [1.807, 2.05) is 6.08 Å². The van der Waals surface area contributed by atoms with Crippen LogP contribution in [0.4, 0.5) is 0 Å². The smallest absolute Gasteiger partial charge is 0.127 e. The van der Waals surface area contributed by atoms with Crippen molar-refractivity contribution in [1.29, 1.82) is 0 Å². The second-order valence-electron chi connectivity index (χ2n) is 12.7. The van der Waals surface area contributed by atoms with Crippen LogP contribution in [0.2, 0.25) is 0 Å². The lowest BCUT2D eigenvalue weighted by atomic mass is 9.44. The van der Waals surface area contributed by atoms with Crippen molar-refractivity contribution < 1.29 is 25.2 Å². The molecule has 0 radical (unpaired) electrons. The molecule has 10 unspecified atom stereocenters. The Labute approximate surface area is 193 Å². The Morgan fingerprint density at radius 2 is 1.84 bits per heavy atom. The molecule has 0 amide bonds. The minimum atomic E-state index is -1.55. The SMILES string of the molecule is CC(C)CCCC(C)C1CCC2C3=CC(O)C4(O)CC(O)CCC4(CO)C34OC4CC21C. The number of fused-ring (bicyclic) bond motifs is 3. The molecule has 4 fully saturated rings. The molecule has 0 aromatic carbocycles. The van der Waals surface area contributed by atoms with Crippen LogP contribution in [0.5, 0.6) is 0 Å². The van der Waals surface area contributed by atoms with Gasteiger partial charge in [-0.05, 0) is 66.8 Å². The van der Waals surface area contributed by atoms with Crippen molar-refractivity contribution in [3.63, 3.8) is 0 Å². The van der Waals surface area contributed by atoms with Gasteiger partial charge in [-0.15, -0.1) is 0 Å². The summed E-state index contributed by atoms with van der Waals surface area (Å²) in [5, 5.41) is 43.9. The van der Waals surface area contributed by atoms with Gasteiger partial charge >= 0.3 is 0 Å². The number of rotatable bonds is 6. The van der Waals surface area contributed by atoms with Crippen molar-refractivity contribution in [3.8, 4) is 0 Å². The van der Waals surface area contributed by atoms with E-state index in [0.29, 0.717) is 30.6 Å². The molecule has 5 rings (SSSR count). The molecular formula is C27H44O5. The van der Waals surface area contributed by atoms with Crippen LogP contribution < -0.4 is 0 Å². The topological polar surface area (TPSA) is 93.5 Å². The van der Waals surface area contributed by atoms with Crippen LogP contribution in [0.25, 0.3) is 0 Å². The maximum Gasteiger partial charge on any atom is 0.127 e. The molecule has 182 valence electrons. The van der Waals surface area contributed by atoms with E-state index in [9.17, 15) is 20.4 Å². The Bertz CT molecular complexity index is 780. The monoisotopic (exact) mass is 448 g/mol. The molecule has 0 bridgehead atoms. The molecule has 0 aromatic heterocycles. The maximum atomic E-state index is 11.7. The summed E-state index contributed by atoms with van der Waals surface area (Å²) in [6.07, 6.45) is 8.30. The Morgan fingerprint density at radius 1 is 1.09 bits per heavy atom. The Kier molecular flexibility index (Phi) is 5.47. The highest BCUT2D eigenvalue weighted by molar-refractivity contribution is 5.47. The Balaban J connectivity index is 1.47. The average Bonchev–Trinajstić information content (AvgIpc) is 3.32. The minimum Gasteiger partial charge on any atom is -0.396 e. The largest absolute Gasteiger partial charge is 0.396 e. The molecule has 1 saturated heterocycles. The van der Waals surface area contributed by atoms with E-state index in [1.54, 1.807) is 0 Å². The molecule has 4 N–H and O–H groups in total. The summed E-state index contributed by atoms with van der Waals surface area (Å²) >= 11 is 0. The van der Waals surface area contributed by atoms with Crippen LogP contribution in [0.1, 0.15) is 85.5 Å². The van der Waals surface area contributed by atoms with Gasteiger partial charge in [0.2, 0.25) is 0 Å². The summed E-state index contributed by atoms with van der Waals surface area (Å²) in [4.78, 5) is 0. The third-order valence-corrected chi connectivity index (χ3v) is 10.8. The highest BCUT2D eigenvalue weighted by atomic mass is 16.6. The third kappa shape index (κ3) is 2.81. The van der Waals surface area contributed by atoms with E-state index in [-0.39, 0.29) is 24.5 Å². The van der Waals surface area contributed by atoms with Crippen LogP contribution in [-0.4, -0.2) is 56.5 Å². The molecule has 32 heavy (non-hydrogen) atoms. The van der Waals surface area contributed by atoms with E-state index >= 15 is 0 Å². The number of aliphatic hydroxyl groups excluding tert-OH is 3. The quantitative estimate of drug-likeness (QED) is 0.368. The van der Waals surface area contributed by atoms with Gasteiger partial charge in [0.1, 0.15) is 17.3 Å². The first-order valence-electron chi connectivity index (χ1n) is 13.1. The zero-order valence-corrected chi connectivity index (χ0v) is 20.4. The normalized spacial score (nSPS) is 52.5. The molecule has 5 nitrogen and oxygen atoms in total. The molecule has 10 atom stereocenters. The molecule has 4 aliphatic carbocycles. The van der Waals surface area contributed by atoms with Crippen molar-refractivity contribution in [3.05, 3.63) is 11.6 Å². The van der Waals surface area contributed by atoms with Crippen LogP contribution in [0.15, 0.2) is 11.6 Å². The summed E-state index contributed by atoms with van der Waals surface area (Å²) in [5.74, 6) is 2.38. The van der Waals surface area contributed by atoms with E-state index < -0.39 is 28.8 Å². The fourth-order valence-corrected chi connectivity index (χ4v) is 9.12. The number of hydrogen-bond acceptors (Lipinski definition) is 5. The first kappa shape index (κ1) is 23.3. The summed E-state index contributed by atoms with van der Waals surface area (Å²) in [6, 6.07) is 0. The van der Waals surface area contributed by atoms with Crippen LogP contribution in [0.3, 0.4) is 0 Å². The summed E-state index contributed by atoms with van der Waals surface area (Å²) in [7, 11) is 0. The van der Waals surface area contributed by atoms with Crippen LogP contribution in [0, 0.1) is 34.5 Å². The molecule has 1 spiro atoms. The number of aliphatic hydroxyl groups is 4. The van der Waals surface area contributed by atoms with Gasteiger partial charge in [-0.3, -0.25) is 0 Å². The van der Waals surface area contributed by atoms with Crippen molar-refractivity contribution in [2.24, 2.45) is 34.5 Å². The lowest BCUT2D eigenvalue weighted by molar-refractivity contribution is -0.230. The van der Waals surface area contributed by atoms with E-state index in [0.717, 1.165) is 24.3 Å². The second kappa shape index (κ2) is 7.52. The fraction of sp³-hybridized carbons (Fsp3) is 0.926. The van der Waals surface area contributed by atoms with Crippen LogP contribution in [-0.2, 0) is 4.74 Å². The van der Waals surface area contributed by atoms with Crippen molar-refractivity contribution in [2.75, 3.05) is 6.61 Å². The second-order valence-corrected chi connectivity index (χ2v) is 12.7. The lowest BCUT2D eigenvalue weighted by Gasteiger charge is -2.61. The Hall–Kier alpha value is -0.460. The van der Waals surface area contributed by atoms with Crippen molar-refractivity contribution in [2.45, 2.75) is 115 Å².